The van der Waals surface area contributed by atoms with Gasteiger partial charge in [-0.15, -0.1) is 11.3 Å². The van der Waals surface area contributed by atoms with Crippen LogP contribution in [0.5, 0.6) is 0 Å². The second kappa shape index (κ2) is 7.09. The second-order valence-corrected chi connectivity index (χ2v) is 5.17. The van der Waals surface area contributed by atoms with Gasteiger partial charge in [0.05, 0.1) is 25.3 Å². The highest BCUT2D eigenvalue weighted by Gasteiger charge is 2.07. The molecule has 0 aliphatic heterocycles. The molecule has 0 radical (unpaired) electrons. The Kier molecular flexibility index (Phi) is 5.17. The van der Waals surface area contributed by atoms with Crippen molar-refractivity contribution in [2.75, 3.05) is 11.9 Å². The number of rotatable bonds is 7. The van der Waals surface area contributed by atoms with Crippen molar-refractivity contribution < 1.29 is 13.9 Å². The molecule has 0 aromatic carbocycles. The van der Waals surface area contributed by atoms with Gasteiger partial charge in [0.2, 0.25) is 0 Å². The highest BCUT2D eigenvalue weighted by Crippen LogP contribution is 2.18. The zero-order chi connectivity index (χ0) is 14.4. The van der Waals surface area contributed by atoms with Gasteiger partial charge in [-0.3, -0.25) is 4.79 Å². The number of furan rings is 1. The van der Waals surface area contributed by atoms with Crippen LogP contribution >= 0.6 is 11.3 Å². The Morgan fingerprint density at radius 2 is 2.35 bits per heavy atom. The average Bonchev–Trinajstić information content (AvgIpc) is 3.03. The first-order valence-corrected chi connectivity index (χ1v) is 7.44. The third-order valence-corrected chi connectivity index (χ3v) is 3.50. The quantitative estimate of drug-likeness (QED) is 0.795. The molecular formula is C14H18N2O3S. The fraction of sp³-hybridized carbons (Fsp3) is 0.429. The molecule has 0 unspecified atom stereocenters. The molecule has 0 saturated heterocycles. The van der Waals surface area contributed by atoms with Gasteiger partial charge in [0, 0.05) is 11.8 Å². The van der Waals surface area contributed by atoms with E-state index in [1.165, 1.54) is 11.3 Å². The number of hydrogen-bond acceptors (Lipinski definition) is 6. The molecule has 20 heavy (non-hydrogen) atoms. The van der Waals surface area contributed by atoms with Crippen molar-refractivity contribution in [3.8, 4) is 0 Å². The summed E-state index contributed by atoms with van der Waals surface area (Å²) in [6.45, 7) is 4.75. The molecular weight excluding hydrogens is 276 g/mol. The molecule has 0 amide bonds. The van der Waals surface area contributed by atoms with Crippen LogP contribution in [0, 0.1) is 6.92 Å². The molecule has 0 aliphatic rings. The number of aromatic nitrogens is 1. The van der Waals surface area contributed by atoms with Gasteiger partial charge >= 0.3 is 5.97 Å². The Morgan fingerprint density at radius 1 is 1.50 bits per heavy atom. The Morgan fingerprint density at radius 3 is 3.05 bits per heavy atom. The van der Waals surface area contributed by atoms with E-state index in [4.69, 9.17) is 9.15 Å². The summed E-state index contributed by atoms with van der Waals surface area (Å²) in [4.78, 5) is 15.7. The summed E-state index contributed by atoms with van der Waals surface area (Å²) >= 11 is 1.52. The van der Waals surface area contributed by atoms with Crippen molar-refractivity contribution >= 4 is 22.4 Å². The third-order valence-electron chi connectivity index (χ3n) is 2.65. The summed E-state index contributed by atoms with van der Waals surface area (Å²) in [5.74, 6) is 1.60. The highest BCUT2D eigenvalue weighted by molar-refractivity contribution is 7.13. The average molecular weight is 294 g/mol. The maximum Gasteiger partial charge on any atom is 0.306 e. The van der Waals surface area contributed by atoms with Crippen LogP contribution in [0.25, 0.3) is 0 Å². The molecule has 0 aliphatic carbocycles. The van der Waals surface area contributed by atoms with Gasteiger partial charge in [-0.2, -0.15) is 0 Å². The van der Waals surface area contributed by atoms with Crippen LogP contribution in [0.1, 0.15) is 30.6 Å². The van der Waals surface area contributed by atoms with Crippen LogP contribution in [0.15, 0.2) is 21.9 Å². The molecule has 0 spiro atoms. The maximum absolute atomic E-state index is 11.3. The Labute approximate surface area is 122 Å². The van der Waals surface area contributed by atoms with E-state index < -0.39 is 0 Å². The smallest absolute Gasteiger partial charge is 0.306 e. The van der Waals surface area contributed by atoms with Gasteiger partial charge in [0.15, 0.2) is 5.13 Å². The van der Waals surface area contributed by atoms with Crippen LogP contribution in [0.3, 0.4) is 0 Å². The number of hydrogen-bond donors (Lipinski definition) is 1. The number of ether oxygens (including phenoxy) is 1. The molecule has 0 atom stereocenters. The molecule has 2 aromatic heterocycles. The first kappa shape index (κ1) is 14.6. The van der Waals surface area contributed by atoms with E-state index in [1.807, 2.05) is 24.4 Å². The van der Waals surface area contributed by atoms with Crippen molar-refractivity contribution in [1.29, 1.82) is 0 Å². The van der Waals surface area contributed by atoms with Crippen molar-refractivity contribution in [2.24, 2.45) is 0 Å². The van der Waals surface area contributed by atoms with Gasteiger partial charge in [0.1, 0.15) is 11.5 Å². The number of thiazole rings is 1. The van der Waals surface area contributed by atoms with E-state index in [9.17, 15) is 4.79 Å². The van der Waals surface area contributed by atoms with Crippen molar-refractivity contribution in [1.82, 2.24) is 4.98 Å². The summed E-state index contributed by atoms with van der Waals surface area (Å²) in [7, 11) is 0. The maximum atomic E-state index is 11.3. The fourth-order valence-electron chi connectivity index (χ4n) is 1.71. The molecule has 2 heterocycles. The number of aryl methyl sites for hydroxylation is 2. The zero-order valence-electron chi connectivity index (χ0n) is 11.6. The summed E-state index contributed by atoms with van der Waals surface area (Å²) < 4.78 is 10.4. The zero-order valence-corrected chi connectivity index (χ0v) is 12.5. The Hall–Kier alpha value is -1.82. The molecule has 0 bridgehead atoms. The lowest BCUT2D eigenvalue weighted by Gasteiger charge is -2.00. The lowest BCUT2D eigenvalue weighted by molar-refractivity contribution is -0.143. The third kappa shape index (κ3) is 4.38. The first-order valence-electron chi connectivity index (χ1n) is 6.56. The summed E-state index contributed by atoms with van der Waals surface area (Å²) in [5.41, 5.74) is 0.904. The molecule has 1 N–H and O–H groups in total. The van der Waals surface area contributed by atoms with Gasteiger partial charge < -0.3 is 14.5 Å². The topological polar surface area (TPSA) is 64.4 Å². The van der Waals surface area contributed by atoms with E-state index in [1.54, 1.807) is 6.92 Å². The van der Waals surface area contributed by atoms with Crippen molar-refractivity contribution in [2.45, 2.75) is 33.2 Å². The summed E-state index contributed by atoms with van der Waals surface area (Å²) in [5, 5.41) is 5.99. The van der Waals surface area contributed by atoms with Crippen LogP contribution in [-0.2, 0) is 22.5 Å². The van der Waals surface area contributed by atoms with Gasteiger partial charge in [-0.25, -0.2) is 4.98 Å². The first-order chi connectivity index (χ1) is 9.67. The number of anilines is 1. The minimum atomic E-state index is -0.180. The highest BCUT2D eigenvalue weighted by atomic mass is 32.1. The van der Waals surface area contributed by atoms with Crippen molar-refractivity contribution in [3.63, 3.8) is 0 Å². The minimum absolute atomic E-state index is 0.180. The molecule has 6 heteroatoms. The van der Waals surface area contributed by atoms with Crippen LogP contribution in [-0.4, -0.2) is 17.6 Å². The van der Waals surface area contributed by atoms with E-state index in [0.29, 0.717) is 26.0 Å². The van der Waals surface area contributed by atoms with Crippen LogP contribution in [0.4, 0.5) is 5.13 Å². The van der Waals surface area contributed by atoms with Crippen LogP contribution < -0.4 is 5.32 Å². The van der Waals surface area contributed by atoms with E-state index in [0.717, 1.165) is 22.3 Å². The molecule has 5 nitrogen and oxygen atoms in total. The molecule has 0 saturated carbocycles. The summed E-state index contributed by atoms with van der Waals surface area (Å²) in [6, 6.07) is 3.88. The predicted molar refractivity (Wildman–Crippen MR) is 77.8 cm³/mol. The molecule has 0 fully saturated rings. The van der Waals surface area contributed by atoms with E-state index in [2.05, 4.69) is 10.3 Å². The number of esters is 1. The van der Waals surface area contributed by atoms with E-state index in [-0.39, 0.29) is 5.97 Å². The number of carbonyl (C=O) groups excluding carboxylic acids is 1. The minimum Gasteiger partial charge on any atom is -0.466 e. The van der Waals surface area contributed by atoms with Crippen LogP contribution in [0.2, 0.25) is 0 Å². The Balaban J connectivity index is 1.78. The van der Waals surface area contributed by atoms with Crippen molar-refractivity contribution in [3.05, 3.63) is 34.7 Å². The predicted octanol–water partition coefficient (Wildman–Crippen LogP) is 3.15. The molecule has 2 rings (SSSR count). The largest absolute Gasteiger partial charge is 0.466 e. The lowest BCUT2D eigenvalue weighted by atomic mass is 10.2. The molecule has 108 valence electrons. The Bertz CT molecular complexity index is 562. The SMILES string of the molecule is CCOC(=O)CCc1csc(NCc2ccc(C)o2)n1. The normalized spacial score (nSPS) is 10.5. The van der Waals surface area contributed by atoms with Gasteiger partial charge in [-0.1, -0.05) is 0 Å². The molecule has 2 aromatic rings. The monoisotopic (exact) mass is 294 g/mol. The van der Waals surface area contributed by atoms with Gasteiger partial charge in [0.25, 0.3) is 0 Å². The standard InChI is InChI=1S/C14H18N2O3S/c1-3-18-13(17)7-5-11-9-20-14(16-11)15-8-12-6-4-10(2)19-12/h4,6,9H,3,5,7-8H2,1-2H3,(H,15,16). The van der Waals surface area contributed by atoms with E-state index >= 15 is 0 Å². The number of nitrogens with zero attached hydrogens (tertiary/aromatic N) is 1. The second-order valence-electron chi connectivity index (χ2n) is 4.31. The summed E-state index contributed by atoms with van der Waals surface area (Å²) in [6.07, 6.45) is 0.977. The van der Waals surface area contributed by atoms with Gasteiger partial charge in [-0.05, 0) is 26.0 Å². The lowest BCUT2D eigenvalue weighted by Crippen LogP contribution is -2.05. The number of carbonyl (C=O) groups is 1. The fourth-order valence-corrected chi connectivity index (χ4v) is 2.45. The number of nitrogens with one attached hydrogen (secondary N) is 1.